The summed E-state index contributed by atoms with van der Waals surface area (Å²) in [7, 11) is 0. The lowest BCUT2D eigenvalue weighted by molar-refractivity contribution is -0.123. The molecule has 25 heavy (non-hydrogen) atoms. The molecule has 2 aliphatic heterocycles. The van der Waals surface area contributed by atoms with E-state index in [4.69, 9.17) is 4.42 Å². The van der Waals surface area contributed by atoms with Gasteiger partial charge in [0.2, 0.25) is 5.91 Å². The molecule has 0 saturated carbocycles. The van der Waals surface area contributed by atoms with E-state index >= 15 is 0 Å². The van der Waals surface area contributed by atoms with E-state index in [1.807, 2.05) is 35.8 Å². The molecule has 0 spiro atoms. The number of amides is 3. The van der Waals surface area contributed by atoms with Gasteiger partial charge in [0.25, 0.3) is 0 Å². The molecule has 7 nitrogen and oxygen atoms in total. The number of hydrogen-bond acceptors (Lipinski definition) is 4. The van der Waals surface area contributed by atoms with Gasteiger partial charge in [0.15, 0.2) is 0 Å². The van der Waals surface area contributed by atoms with Crippen LogP contribution in [0.5, 0.6) is 0 Å². The summed E-state index contributed by atoms with van der Waals surface area (Å²) in [5, 5.41) is 2.97. The Labute approximate surface area is 148 Å². The van der Waals surface area contributed by atoms with Gasteiger partial charge in [-0.2, -0.15) is 0 Å². The molecule has 1 aromatic heterocycles. The summed E-state index contributed by atoms with van der Waals surface area (Å²) in [5.74, 6) is 0.775. The van der Waals surface area contributed by atoms with Crippen LogP contribution in [0.1, 0.15) is 38.5 Å². The highest BCUT2D eigenvalue weighted by Gasteiger charge is 2.34. The van der Waals surface area contributed by atoms with E-state index in [1.54, 1.807) is 6.26 Å². The van der Waals surface area contributed by atoms with Gasteiger partial charge < -0.3 is 19.5 Å². The Morgan fingerprint density at radius 3 is 2.68 bits per heavy atom. The molecule has 0 radical (unpaired) electrons. The van der Waals surface area contributed by atoms with Crippen molar-refractivity contribution >= 4 is 11.9 Å². The van der Waals surface area contributed by atoms with Crippen molar-refractivity contribution in [2.75, 3.05) is 39.3 Å². The van der Waals surface area contributed by atoms with Crippen molar-refractivity contribution in [1.82, 2.24) is 20.0 Å². The van der Waals surface area contributed by atoms with Gasteiger partial charge in [0.1, 0.15) is 5.76 Å². The summed E-state index contributed by atoms with van der Waals surface area (Å²) >= 11 is 0. The van der Waals surface area contributed by atoms with Gasteiger partial charge in [-0.3, -0.25) is 9.69 Å². The molecule has 3 rings (SSSR count). The Hall–Kier alpha value is -2.02. The Balaban J connectivity index is 1.42. The molecule has 0 aliphatic carbocycles. The summed E-state index contributed by atoms with van der Waals surface area (Å²) in [5.41, 5.74) is 0. The summed E-state index contributed by atoms with van der Waals surface area (Å²) < 4.78 is 5.32. The number of carbonyl (C=O) groups excluding carboxylic acids is 2. The minimum absolute atomic E-state index is 0.0109. The van der Waals surface area contributed by atoms with Crippen LogP contribution in [0, 0.1) is 0 Å². The summed E-state index contributed by atoms with van der Waals surface area (Å²) in [6.45, 7) is 8.48. The molecular weight excluding hydrogens is 320 g/mol. The van der Waals surface area contributed by atoms with Gasteiger partial charge in [-0.1, -0.05) is 0 Å². The summed E-state index contributed by atoms with van der Waals surface area (Å²) in [6.07, 6.45) is 3.48. The second-order valence-electron chi connectivity index (χ2n) is 6.87. The van der Waals surface area contributed by atoms with Crippen LogP contribution in [0.25, 0.3) is 0 Å². The number of likely N-dealkylation sites (N-methyl/N-ethyl adjacent to an activating group) is 1. The standard InChI is InChI=1S/C18H28N4O3/c1-3-21-10-11-22(18(21)24)15-6-8-20(9-7-15)13-17(23)19-14(2)16-5-4-12-25-16/h4-5,12,14-15H,3,6-11,13H2,1-2H3,(H,19,23). The molecule has 1 atom stereocenters. The second-order valence-corrected chi connectivity index (χ2v) is 6.87. The van der Waals surface area contributed by atoms with E-state index < -0.39 is 0 Å². The number of nitrogens with one attached hydrogen (secondary N) is 1. The third kappa shape index (κ3) is 4.15. The summed E-state index contributed by atoms with van der Waals surface area (Å²) in [6, 6.07) is 4.05. The molecule has 7 heteroatoms. The quantitative estimate of drug-likeness (QED) is 0.849. The number of carbonyl (C=O) groups is 2. The van der Waals surface area contributed by atoms with E-state index in [-0.39, 0.29) is 18.0 Å². The SMILES string of the molecule is CCN1CCN(C2CCN(CC(=O)NC(C)c3ccco3)CC2)C1=O. The minimum atomic E-state index is -0.123. The molecule has 3 amide bonds. The van der Waals surface area contributed by atoms with Gasteiger partial charge in [-0.15, -0.1) is 0 Å². The van der Waals surface area contributed by atoms with Crippen molar-refractivity contribution in [3.8, 4) is 0 Å². The minimum Gasteiger partial charge on any atom is -0.467 e. The van der Waals surface area contributed by atoms with Crippen molar-refractivity contribution in [2.45, 2.75) is 38.8 Å². The maximum absolute atomic E-state index is 12.3. The van der Waals surface area contributed by atoms with Crippen LogP contribution in [0.15, 0.2) is 22.8 Å². The van der Waals surface area contributed by atoms with E-state index in [0.29, 0.717) is 12.6 Å². The second kappa shape index (κ2) is 7.91. The van der Waals surface area contributed by atoms with Crippen molar-refractivity contribution in [2.24, 2.45) is 0 Å². The van der Waals surface area contributed by atoms with Crippen LogP contribution < -0.4 is 5.32 Å². The fourth-order valence-corrected chi connectivity index (χ4v) is 3.72. The molecule has 138 valence electrons. The first-order valence-electron chi connectivity index (χ1n) is 9.19. The number of rotatable bonds is 6. The average Bonchev–Trinajstić information content (AvgIpc) is 3.25. The fourth-order valence-electron chi connectivity index (χ4n) is 3.72. The normalized spacial score (nSPS) is 21.0. The van der Waals surface area contributed by atoms with Gasteiger partial charge in [-0.25, -0.2) is 4.79 Å². The molecule has 2 aliphatic rings. The molecule has 0 bridgehead atoms. The van der Waals surface area contributed by atoms with E-state index in [9.17, 15) is 9.59 Å². The first kappa shape index (κ1) is 17.8. The van der Waals surface area contributed by atoms with Gasteiger partial charge in [0.05, 0.1) is 18.8 Å². The highest BCUT2D eigenvalue weighted by molar-refractivity contribution is 5.78. The number of piperidine rings is 1. The highest BCUT2D eigenvalue weighted by Crippen LogP contribution is 2.21. The third-order valence-corrected chi connectivity index (χ3v) is 5.22. The lowest BCUT2D eigenvalue weighted by Crippen LogP contribution is -2.48. The van der Waals surface area contributed by atoms with Crippen LogP contribution in [-0.4, -0.2) is 71.9 Å². The van der Waals surface area contributed by atoms with Crippen molar-refractivity contribution < 1.29 is 14.0 Å². The van der Waals surface area contributed by atoms with Crippen molar-refractivity contribution in [3.63, 3.8) is 0 Å². The largest absolute Gasteiger partial charge is 0.467 e. The zero-order chi connectivity index (χ0) is 17.8. The molecule has 1 aromatic rings. The average molecular weight is 348 g/mol. The molecule has 0 aromatic carbocycles. The maximum atomic E-state index is 12.3. The number of furan rings is 1. The lowest BCUT2D eigenvalue weighted by atomic mass is 10.0. The van der Waals surface area contributed by atoms with Crippen LogP contribution in [0.4, 0.5) is 4.79 Å². The molecule has 3 heterocycles. The monoisotopic (exact) mass is 348 g/mol. The van der Waals surface area contributed by atoms with E-state index in [1.165, 1.54) is 0 Å². The molecule has 1 unspecified atom stereocenters. The Morgan fingerprint density at radius 2 is 2.08 bits per heavy atom. The van der Waals surface area contributed by atoms with Crippen LogP contribution in [0.2, 0.25) is 0 Å². The summed E-state index contributed by atoms with van der Waals surface area (Å²) in [4.78, 5) is 30.6. The number of hydrogen-bond donors (Lipinski definition) is 1. The zero-order valence-electron chi connectivity index (χ0n) is 15.1. The third-order valence-electron chi connectivity index (χ3n) is 5.22. The smallest absolute Gasteiger partial charge is 0.320 e. The van der Waals surface area contributed by atoms with Crippen molar-refractivity contribution in [1.29, 1.82) is 0 Å². The van der Waals surface area contributed by atoms with Gasteiger partial charge in [0, 0.05) is 38.8 Å². The Kier molecular flexibility index (Phi) is 5.63. The number of nitrogens with zero attached hydrogens (tertiary/aromatic N) is 3. The first-order chi connectivity index (χ1) is 12.1. The first-order valence-corrected chi connectivity index (χ1v) is 9.19. The van der Waals surface area contributed by atoms with E-state index in [2.05, 4.69) is 10.2 Å². The fraction of sp³-hybridized carbons (Fsp3) is 0.667. The Morgan fingerprint density at radius 1 is 1.32 bits per heavy atom. The number of likely N-dealkylation sites (tertiary alicyclic amines) is 1. The van der Waals surface area contributed by atoms with Crippen LogP contribution >= 0.6 is 0 Å². The van der Waals surface area contributed by atoms with Crippen molar-refractivity contribution in [3.05, 3.63) is 24.2 Å². The highest BCUT2D eigenvalue weighted by atomic mass is 16.3. The Bertz CT molecular complexity index is 581. The zero-order valence-corrected chi connectivity index (χ0v) is 15.1. The van der Waals surface area contributed by atoms with E-state index in [0.717, 1.165) is 51.3 Å². The molecule has 2 saturated heterocycles. The molecular formula is C18H28N4O3. The van der Waals surface area contributed by atoms with Gasteiger partial charge >= 0.3 is 6.03 Å². The van der Waals surface area contributed by atoms with Crippen LogP contribution in [-0.2, 0) is 4.79 Å². The topological polar surface area (TPSA) is 69.0 Å². The maximum Gasteiger partial charge on any atom is 0.320 e. The lowest BCUT2D eigenvalue weighted by Gasteiger charge is -2.36. The van der Waals surface area contributed by atoms with Crippen LogP contribution in [0.3, 0.4) is 0 Å². The predicted molar refractivity (Wildman–Crippen MR) is 94.1 cm³/mol. The molecule has 2 fully saturated rings. The predicted octanol–water partition coefficient (Wildman–Crippen LogP) is 1.68. The number of urea groups is 1. The molecule has 1 N–H and O–H groups in total. The van der Waals surface area contributed by atoms with Gasteiger partial charge in [-0.05, 0) is 38.8 Å².